The van der Waals surface area contributed by atoms with Crippen LogP contribution in [-0.4, -0.2) is 49.2 Å². The minimum atomic E-state index is -0.150. The van der Waals surface area contributed by atoms with Gasteiger partial charge in [0.15, 0.2) is 0 Å². The molecular weight excluding hydrogens is 225 g/mol. The summed E-state index contributed by atoms with van der Waals surface area (Å²) in [7, 11) is 1.98. The quantitative estimate of drug-likeness (QED) is 0.730. The second kappa shape index (κ2) is 6.90. The molecule has 0 fully saturated rings. The van der Waals surface area contributed by atoms with E-state index < -0.39 is 0 Å². The van der Waals surface area contributed by atoms with Crippen molar-refractivity contribution in [2.75, 3.05) is 32.6 Å². The Bertz CT molecular complexity index is 221. The number of amides is 1. The molecule has 4 nitrogen and oxygen atoms in total. The lowest BCUT2D eigenvalue weighted by Gasteiger charge is -2.25. The van der Waals surface area contributed by atoms with Gasteiger partial charge < -0.3 is 10.2 Å². The zero-order valence-electron chi connectivity index (χ0n) is 8.12. The third-order valence-electron chi connectivity index (χ3n) is 1.95. The highest BCUT2D eigenvalue weighted by molar-refractivity contribution is 6.27. The van der Waals surface area contributed by atoms with Crippen LogP contribution in [0.1, 0.15) is 6.42 Å². The number of aliphatic imine (C=N–C) groups is 1. The molecule has 1 aliphatic rings. The minimum Gasteiger partial charge on any atom is -0.362 e. The number of carbonyl (C=O) groups excluding carboxylic acids is 1. The third-order valence-corrected chi connectivity index (χ3v) is 2.19. The predicted molar refractivity (Wildman–Crippen MR) is 60.5 cm³/mol. The largest absolute Gasteiger partial charge is 0.362 e. The summed E-state index contributed by atoms with van der Waals surface area (Å²) in [5, 5.41) is 2.69. The molecule has 1 amide bonds. The van der Waals surface area contributed by atoms with E-state index in [2.05, 4.69) is 15.2 Å². The fourth-order valence-corrected chi connectivity index (χ4v) is 1.28. The zero-order valence-corrected chi connectivity index (χ0v) is 9.70. The molecule has 1 aliphatic heterocycles. The summed E-state index contributed by atoms with van der Waals surface area (Å²) in [6, 6.07) is 0. The highest BCUT2D eigenvalue weighted by Gasteiger charge is 2.10. The molecule has 0 radical (unpaired) electrons. The maximum atomic E-state index is 10.8. The lowest BCUT2D eigenvalue weighted by molar-refractivity contribution is -0.118. The van der Waals surface area contributed by atoms with Crippen molar-refractivity contribution >= 4 is 35.8 Å². The van der Waals surface area contributed by atoms with Gasteiger partial charge in [0, 0.05) is 20.1 Å². The molecule has 0 aromatic carbocycles. The number of nitrogens with one attached hydrogen (secondary N) is 1. The van der Waals surface area contributed by atoms with Crippen LogP contribution in [0.25, 0.3) is 0 Å². The Morgan fingerprint density at radius 3 is 3.00 bits per heavy atom. The van der Waals surface area contributed by atoms with E-state index in [1.54, 1.807) is 0 Å². The molecule has 0 bridgehead atoms. The molecule has 14 heavy (non-hydrogen) atoms. The SMILES string of the molecule is CN1CCCN=C1CNC(=O)CCl.Cl. The van der Waals surface area contributed by atoms with Gasteiger partial charge in [0.05, 0.1) is 6.54 Å². The fourth-order valence-electron chi connectivity index (χ4n) is 1.18. The average molecular weight is 240 g/mol. The van der Waals surface area contributed by atoms with Gasteiger partial charge in [0.1, 0.15) is 11.7 Å². The van der Waals surface area contributed by atoms with E-state index in [9.17, 15) is 4.79 Å². The second-order valence-electron chi connectivity index (χ2n) is 2.98. The van der Waals surface area contributed by atoms with Gasteiger partial charge in [-0.15, -0.1) is 24.0 Å². The standard InChI is InChI=1S/C8H14ClN3O.ClH/c1-12-4-2-3-10-7(12)6-11-8(13)5-9;/h2-6H2,1H3,(H,11,13);1H. The summed E-state index contributed by atoms with van der Waals surface area (Å²) in [6.45, 7) is 2.36. The molecule has 0 atom stereocenters. The molecule has 0 aliphatic carbocycles. The van der Waals surface area contributed by atoms with Gasteiger partial charge >= 0.3 is 0 Å². The second-order valence-corrected chi connectivity index (χ2v) is 3.25. The Morgan fingerprint density at radius 1 is 1.71 bits per heavy atom. The number of carbonyl (C=O) groups is 1. The highest BCUT2D eigenvalue weighted by atomic mass is 35.5. The van der Waals surface area contributed by atoms with Crippen LogP contribution in [-0.2, 0) is 4.79 Å². The van der Waals surface area contributed by atoms with Crippen LogP contribution in [0.15, 0.2) is 4.99 Å². The van der Waals surface area contributed by atoms with Gasteiger partial charge in [-0.2, -0.15) is 0 Å². The number of amidine groups is 1. The molecule has 0 spiro atoms. The zero-order chi connectivity index (χ0) is 9.68. The molecular formula is C8H15Cl2N3O. The predicted octanol–water partition coefficient (Wildman–Crippen LogP) is 0.497. The number of hydrogen-bond donors (Lipinski definition) is 1. The topological polar surface area (TPSA) is 44.7 Å². The fraction of sp³-hybridized carbons (Fsp3) is 0.750. The molecule has 0 aromatic rings. The maximum Gasteiger partial charge on any atom is 0.235 e. The summed E-state index contributed by atoms with van der Waals surface area (Å²) < 4.78 is 0. The van der Waals surface area contributed by atoms with E-state index in [1.165, 1.54) is 0 Å². The Balaban J connectivity index is 0.00000169. The van der Waals surface area contributed by atoms with Gasteiger partial charge in [-0.1, -0.05) is 0 Å². The summed E-state index contributed by atoms with van der Waals surface area (Å²) in [6.07, 6.45) is 1.09. The van der Waals surface area contributed by atoms with Crippen LogP contribution in [0, 0.1) is 0 Å². The van der Waals surface area contributed by atoms with Crippen molar-refractivity contribution < 1.29 is 4.79 Å². The normalized spacial score (nSPS) is 15.6. The average Bonchev–Trinajstić information content (AvgIpc) is 2.16. The summed E-state index contributed by atoms with van der Waals surface area (Å²) in [5.74, 6) is 0.796. The number of nitrogens with zero attached hydrogens (tertiary/aromatic N) is 2. The first-order valence-electron chi connectivity index (χ1n) is 4.31. The maximum absolute atomic E-state index is 10.8. The first-order chi connectivity index (χ1) is 6.24. The summed E-state index contributed by atoms with van der Waals surface area (Å²) >= 11 is 5.34. The van der Waals surface area contributed by atoms with Crippen molar-refractivity contribution in [1.82, 2.24) is 10.2 Å². The number of alkyl halides is 1. The van der Waals surface area contributed by atoms with E-state index in [0.717, 1.165) is 25.3 Å². The lowest BCUT2D eigenvalue weighted by atomic mass is 10.3. The lowest BCUT2D eigenvalue weighted by Crippen LogP contribution is -2.41. The number of halogens is 2. The minimum absolute atomic E-state index is 0. The molecule has 6 heteroatoms. The molecule has 1 heterocycles. The Morgan fingerprint density at radius 2 is 2.43 bits per heavy atom. The van der Waals surface area contributed by atoms with Crippen LogP contribution in [0.3, 0.4) is 0 Å². The van der Waals surface area contributed by atoms with Gasteiger partial charge in [-0.05, 0) is 6.42 Å². The van der Waals surface area contributed by atoms with E-state index >= 15 is 0 Å². The van der Waals surface area contributed by atoms with Crippen LogP contribution < -0.4 is 5.32 Å². The van der Waals surface area contributed by atoms with E-state index in [4.69, 9.17) is 11.6 Å². The monoisotopic (exact) mass is 239 g/mol. The van der Waals surface area contributed by atoms with Gasteiger partial charge in [-0.25, -0.2) is 0 Å². The molecule has 0 aromatic heterocycles. The first-order valence-corrected chi connectivity index (χ1v) is 4.84. The van der Waals surface area contributed by atoms with Crippen molar-refractivity contribution in [3.63, 3.8) is 0 Å². The van der Waals surface area contributed by atoms with E-state index in [1.807, 2.05) is 7.05 Å². The molecule has 0 saturated carbocycles. The van der Waals surface area contributed by atoms with E-state index in [-0.39, 0.29) is 24.2 Å². The third kappa shape index (κ3) is 4.15. The van der Waals surface area contributed by atoms with Crippen LogP contribution in [0.5, 0.6) is 0 Å². The Kier molecular flexibility index (Phi) is 6.66. The Hall–Kier alpha value is -0.480. The highest BCUT2D eigenvalue weighted by Crippen LogP contribution is 1.98. The number of hydrogen-bond acceptors (Lipinski definition) is 3. The number of rotatable bonds is 3. The van der Waals surface area contributed by atoms with Crippen molar-refractivity contribution in [1.29, 1.82) is 0 Å². The summed E-state index contributed by atoms with van der Waals surface area (Å²) in [5.41, 5.74) is 0. The van der Waals surface area contributed by atoms with Gasteiger partial charge in [0.2, 0.25) is 5.91 Å². The summed E-state index contributed by atoms with van der Waals surface area (Å²) in [4.78, 5) is 17.2. The van der Waals surface area contributed by atoms with Crippen molar-refractivity contribution in [2.45, 2.75) is 6.42 Å². The van der Waals surface area contributed by atoms with Gasteiger partial charge in [0.25, 0.3) is 0 Å². The van der Waals surface area contributed by atoms with E-state index in [0.29, 0.717) is 6.54 Å². The van der Waals surface area contributed by atoms with Crippen LogP contribution in [0.4, 0.5) is 0 Å². The molecule has 0 unspecified atom stereocenters. The molecule has 1 N–H and O–H groups in total. The first kappa shape index (κ1) is 13.5. The smallest absolute Gasteiger partial charge is 0.235 e. The van der Waals surface area contributed by atoms with Crippen LogP contribution >= 0.6 is 24.0 Å². The molecule has 1 rings (SSSR count). The molecule has 82 valence electrons. The van der Waals surface area contributed by atoms with Crippen molar-refractivity contribution in [3.05, 3.63) is 0 Å². The van der Waals surface area contributed by atoms with Crippen molar-refractivity contribution in [2.24, 2.45) is 4.99 Å². The Labute approximate surface area is 95.1 Å². The van der Waals surface area contributed by atoms with Crippen LogP contribution in [0.2, 0.25) is 0 Å². The van der Waals surface area contributed by atoms with Gasteiger partial charge in [-0.3, -0.25) is 9.79 Å². The molecule has 0 saturated heterocycles. The number of likely N-dealkylation sites (N-methyl/N-ethyl adjacent to an activating group) is 1. The van der Waals surface area contributed by atoms with Crippen molar-refractivity contribution in [3.8, 4) is 0 Å².